The van der Waals surface area contributed by atoms with Crippen molar-refractivity contribution in [1.29, 1.82) is 0 Å². The van der Waals surface area contributed by atoms with Crippen molar-refractivity contribution in [2.75, 3.05) is 0 Å². The smallest absolute Gasteiger partial charge is 0.206 e. The molecule has 5 heteroatoms. The molecule has 0 unspecified atom stereocenters. The quantitative estimate of drug-likeness (QED) is 0.527. The van der Waals surface area contributed by atoms with E-state index in [1.807, 2.05) is 0 Å². The molecule has 1 aromatic rings. The van der Waals surface area contributed by atoms with Crippen molar-refractivity contribution in [2.45, 2.75) is 6.43 Å². The molecule has 0 saturated heterocycles. The molecule has 0 spiro atoms. The Hall–Kier alpha value is 0.220. The third-order valence-corrected chi connectivity index (χ3v) is 3.09. The topological polar surface area (TPSA) is 0 Å². The summed E-state index contributed by atoms with van der Waals surface area (Å²) in [7, 11) is 0. The monoisotopic (exact) mass is 350 g/mol. The molecular weight excluding hydrogens is 348 g/mol. The van der Waals surface area contributed by atoms with Gasteiger partial charge in [-0.3, -0.25) is 0 Å². The van der Waals surface area contributed by atoms with Crippen molar-refractivity contribution < 1.29 is 13.2 Å². The van der Waals surface area contributed by atoms with Crippen LogP contribution in [-0.2, 0) is 0 Å². The Morgan fingerprint density at radius 2 is 1.92 bits per heavy atom. The molecule has 0 nitrogen and oxygen atoms in total. The molecule has 0 radical (unpaired) electrons. The molecule has 12 heavy (non-hydrogen) atoms. The number of rotatable bonds is 1. The first kappa shape index (κ1) is 10.3. The highest BCUT2D eigenvalue weighted by Gasteiger charge is 2.17. The lowest BCUT2D eigenvalue weighted by molar-refractivity contribution is 0.149. The minimum atomic E-state index is -2.65. The van der Waals surface area contributed by atoms with Crippen molar-refractivity contribution >= 4 is 38.5 Å². The van der Waals surface area contributed by atoms with Gasteiger partial charge in [-0.1, -0.05) is 15.9 Å². The number of benzene rings is 1. The zero-order valence-corrected chi connectivity index (χ0v) is 9.37. The van der Waals surface area contributed by atoms with Crippen molar-refractivity contribution in [1.82, 2.24) is 0 Å². The predicted molar refractivity (Wildman–Crippen MR) is 51.8 cm³/mol. The van der Waals surface area contributed by atoms with Gasteiger partial charge in [-0.2, -0.15) is 0 Å². The maximum atomic E-state index is 12.8. The van der Waals surface area contributed by atoms with E-state index < -0.39 is 12.2 Å². The first-order valence-corrected chi connectivity index (χ1v) is 4.82. The van der Waals surface area contributed by atoms with Gasteiger partial charge in [0.1, 0.15) is 5.82 Å². The van der Waals surface area contributed by atoms with Gasteiger partial charge in [0, 0.05) is 10.0 Å². The highest BCUT2D eigenvalue weighted by Crippen LogP contribution is 2.32. The average molecular weight is 351 g/mol. The summed E-state index contributed by atoms with van der Waals surface area (Å²) >= 11 is 4.49. The Balaban J connectivity index is 3.33. The Labute approximate surface area is 89.4 Å². The van der Waals surface area contributed by atoms with Crippen LogP contribution < -0.4 is 0 Å². The van der Waals surface area contributed by atoms with E-state index in [1.54, 1.807) is 22.6 Å². The molecule has 0 heterocycles. The standard InChI is InChI=1S/C7H3BrF3I/c8-3-1-2-4(9)6(12)5(3)7(10)11/h1-2,7H. The summed E-state index contributed by atoms with van der Waals surface area (Å²) in [6.07, 6.45) is -2.65. The second kappa shape index (κ2) is 3.95. The Bertz CT molecular complexity index is 301. The van der Waals surface area contributed by atoms with Gasteiger partial charge in [-0.05, 0) is 34.7 Å². The van der Waals surface area contributed by atoms with Gasteiger partial charge < -0.3 is 0 Å². The largest absolute Gasteiger partial charge is 0.266 e. The van der Waals surface area contributed by atoms with E-state index >= 15 is 0 Å². The second-order valence-electron chi connectivity index (χ2n) is 2.06. The third-order valence-electron chi connectivity index (χ3n) is 1.30. The van der Waals surface area contributed by atoms with E-state index in [0.29, 0.717) is 0 Å². The fourth-order valence-corrected chi connectivity index (χ4v) is 2.32. The fraction of sp³-hybridized carbons (Fsp3) is 0.143. The highest BCUT2D eigenvalue weighted by atomic mass is 127. The molecule has 66 valence electrons. The lowest BCUT2D eigenvalue weighted by Gasteiger charge is -2.06. The molecular formula is C7H3BrF3I. The van der Waals surface area contributed by atoms with Crippen LogP contribution in [0.25, 0.3) is 0 Å². The van der Waals surface area contributed by atoms with Gasteiger partial charge in [0.2, 0.25) is 0 Å². The van der Waals surface area contributed by atoms with Gasteiger partial charge in [-0.25, -0.2) is 13.2 Å². The van der Waals surface area contributed by atoms with Crippen LogP contribution >= 0.6 is 38.5 Å². The first-order chi connectivity index (χ1) is 5.54. The van der Waals surface area contributed by atoms with Gasteiger partial charge in [0.05, 0.1) is 3.57 Å². The van der Waals surface area contributed by atoms with Crippen LogP contribution in [0.1, 0.15) is 12.0 Å². The lowest BCUT2D eigenvalue weighted by atomic mass is 10.2. The van der Waals surface area contributed by atoms with Crippen LogP contribution in [-0.4, -0.2) is 0 Å². The number of halogens is 5. The van der Waals surface area contributed by atoms with Gasteiger partial charge in [0.25, 0.3) is 6.43 Å². The molecule has 0 amide bonds. The summed E-state index contributed by atoms with van der Waals surface area (Å²) in [4.78, 5) is 0. The van der Waals surface area contributed by atoms with Crippen molar-refractivity contribution in [3.63, 3.8) is 0 Å². The number of alkyl halides is 2. The van der Waals surface area contributed by atoms with Crippen LogP contribution in [0.3, 0.4) is 0 Å². The van der Waals surface area contributed by atoms with Crippen LogP contribution in [0.4, 0.5) is 13.2 Å². The molecule has 1 aromatic carbocycles. The molecule has 0 aliphatic rings. The van der Waals surface area contributed by atoms with E-state index in [-0.39, 0.29) is 13.6 Å². The minimum Gasteiger partial charge on any atom is -0.206 e. The molecule has 0 aromatic heterocycles. The maximum absolute atomic E-state index is 12.8. The second-order valence-corrected chi connectivity index (χ2v) is 3.99. The highest BCUT2D eigenvalue weighted by molar-refractivity contribution is 14.1. The maximum Gasteiger partial charge on any atom is 0.266 e. The molecule has 1 rings (SSSR count). The third kappa shape index (κ3) is 1.93. The van der Waals surface area contributed by atoms with Crippen LogP contribution in [0.15, 0.2) is 16.6 Å². The molecule has 0 bridgehead atoms. The molecule has 0 saturated carbocycles. The Kier molecular flexibility index (Phi) is 3.39. The normalized spacial score (nSPS) is 10.8. The fourth-order valence-electron chi connectivity index (χ4n) is 0.743. The van der Waals surface area contributed by atoms with Gasteiger partial charge in [-0.15, -0.1) is 0 Å². The number of hydrogen-bond donors (Lipinski definition) is 0. The van der Waals surface area contributed by atoms with Crippen molar-refractivity contribution in [3.05, 3.63) is 31.6 Å². The summed E-state index contributed by atoms with van der Waals surface area (Å²) in [5, 5.41) is 0. The van der Waals surface area contributed by atoms with E-state index in [9.17, 15) is 13.2 Å². The minimum absolute atomic E-state index is 0.0306. The predicted octanol–water partition coefficient (Wildman–Crippen LogP) is 4.13. The molecule has 0 atom stereocenters. The lowest BCUT2D eigenvalue weighted by Crippen LogP contribution is -1.94. The molecule has 0 aliphatic carbocycles. The van der Waals surface area contributed by atoms with Crippen molar-refractivity contribution in [2.24, 2.45) is 0 Å². The van der Waals surface area contributed by atoms with Crippen LogP contribution in [0, 0.1) is 9.39 Å². The first-order valence-electron chi connectivity index (χ1n) is 2.95. The molecule has 0 aliphatic heterocycles. The van der Waals surface area contributed by atoms with E-state index in [1.165, 1.54) is 6.07 Å². The van der Waals surface area contributed by atoms with E-state index in [4.69, 9.17) is 0 Å². The van der Waals surface area contributed by atoms with Gasteiger partial charge in [0.15, 0.2) is 0 Å². The summed E-state index contributed by atoms with van der Waals surface area (Å²) in [6, 6.07) is 2.43. The summed E-state index contributed by atoms with van der Waals surface area (Å²) in [5.74, 6) is -0.617. The SMILES string of the molecule is Fc1ccc(Br)c(C(F)F)c1I. The average Bonchev–Trinajstić information content (AvgIpc) is 1.97. The van der Waals surface area contributed by atoms with Crippen LogP contribution in [0.2, 0.25) is 0 Å². The van der Waals surface area contributed by atoms with E-state index in [0.717, 1.165) is 6.07 Å². The summed E-state index contributed by atoms with van der Waals surface area (Å²) in [5.41, 5.74) is -0.282. The zero-order valence-electron chi connectivity index (χ0n) is 5.62. The molecule has 0 N–H and O–H groups in total. The summed E-state index contributed by atoms with van der Waals surface area (Å²) < 4.78 is 37.5. The van der Waals surface area contributed by atoms with Crippen molar-refractivity contribution in [3.8, 4) is 0 Å². The Morgan fingerprint density at radius 1 is 1.33 bits per heavy atom. The number of hydrogen-bond acceptors (Lipinski definition) is 0. The zero-order chi connectivity index (χ0) is 9.30. The van der Waals surface area contributed by atoms with E-state index in [2.05, 4.69) is 15.9 Å². The Morgan fingerprint density at radius 3 is 2.33 bits per heavy atom. The van der Waals surface area contributed by atoms with Crippen LogP contribution in [0.5, 0.6) is 0 Å². The van der Waals surface area contributed by atoms with Gasteiger partial charge >= 0.3 is 0 Å². The summed E-state index contributed by atoms with van der Waals surface area (Å²) in [6.45, 7) is 0. The molecule has 0 fully saturated rings.